The molecule has 1 N–H and O–H groups in total. The Morgan fingerprint density at radius 1 is 1.15 bits per heavy atom. The Bertz CT molecular complexity index is 561. The van der Waals surface area contributed by atoms with E-state index in [-0.39, 0.29) is 0 Å². The predicted molar refractivity (Wildman–Crippen MR) is 84.7 cm³/mol. The Kier molecular flexibility index (Phi) is 4.50. The minimum Gasteiger partial charge on any atom is -0.329 e. The van der Waals surface area contributed by atoms with Crippen LogP contribution in [0.2, 0.25) is 0 Å². The van der Waals surface area contributed by atoms with E-state index in [9.17, 15) is 0 Å². The Morgan fingerprint density at radius 3 is 2.75 bits per heavy atom. The first-order valence-corrected chi connectivity index (χ1v) is 7.82. The summed E-state index contributed by atoms with van der Waals surface area (Å²) in [5, 5.41) is 3.39. The average Bonchev–Trinajstić information content (AvgIpc) is 2.95. The minimum atomic E-state index is 0.983. The number of halogens is 1. The van der Waals surface area contributed by atoms with Crippen LogP contribution >= 0.6 is 15.9 Å². The Labute approximate surface area is 127 Å². The molecule has 1 aromatic heterocycles. The molecule has 3 rings (SSSR count). The third kappa shape index (κ3) is 3.11. The van der Waals surface area contributed by atoms with Crippen molar-refractivity contribution in [3.8, 4) is 11.3 Å². The number of rotatable bonds is 4. The summed E-state index contributed by atoms with van der Waals surface area (Å²) in [4.78, 5) is 6.81. The lowest BCUT2D eigenvalue weighted by atomic mass is 10.2. The van der Waals surface area contributed by atoms with Gasteiger partial charge in [-0.3, -0.25) is 4.90 Å². The topological polar surface area (TPSA) is 33.1 Å². The van der Waals surface area contributed by atoms with Gasteiger partial charge in [0.15, 0.2) is 0 Å². The van der Waals surface area contributed by atoms with Crippen LogP contribution in [0, 0.1) is 0 Å². The van der Waals surface area contributed by atoms with Crippen LogP contribution in [0.4, 0.5) is 0 Å². The molecule has 0 spiro atoms. The normalized spacial score (nSPS) is 16.4. The molecule has 1 aromatic carbocycles. The molecule has 0 bridgehead atoms. The molecule has 106 valence electrons. The van der Waals surface area contributed by atoms with Crippen LogP contribution in [0.5, 0.6) is 0 Å². The molecule has 1 saturated heterocycles. The van der Waals surface area contributed by atoms with Crippen molar-refractivity contribution in [1.29, 1.82) is 0 Å². The highest BCUT2D eigenvalue weighted by molar-refractivity contribution is 9.10. The van der Waals surface area contributed by atoms with E-state index in [0.717, 1.165) is 43.7 Å². The van der Waals surface area contributed by atoms with E-state index in [1.807, 2.05) is 18.6 Å². The first-order valence-electron chi connectivity index (χ1n) is 7.03. The van der Waals surface area contributed by atoms with Crippen LogP contribution in [-0.4, -0.2) is 47.2 Å². The molecule has 0 aliphatic carbocycles. The molecule has 2 aromatic rings. The van der Waals surface area contributed by atoms with Crippen LogP contribution in [0.3, 0.4) is 0 Å². The third-order valence-corrected chi connectivity index (χ3v) is 4.42. The predicted octanol–water partition coefficient (Wildman–Crippen LogP) is 2.22. The fraction of sp³-hybridized carbons (Fsp3) is 0.400. The number of hydrogen-bond donors (Lipinski definition) is 1. The van der Waals surface area contributed by atoms with Gasteiger partial charge >= 0.3 is 0 Å². The van der Waals surface area contributed by atoms with E-state index in [1.54, 1.807) is 0 Å². The zero-order valence-corrected chi connectivity index (χ0v) is 13.0. The highest BCUT2D eigenvalue weighted by Gasteiger charge is 2.12. The van der Waals surface area contributed by atoms with Crippen molar-refractivity contribution in [2.75, 3.05) is 32.7 Å². The molecule has 20 heavy (non-hydrogen) atoms. The molecular formula is C15H19BrN4. The van der Waals surface area contributed by atoms with Gasteiger partial charge in [0.2, 0.25) is 0 Å². The number of hydrogen-bond acceptors (Lipinski definition) is 3. The summed E-state index contributed by atoms with van der Waals surface area (Å²) in [7, 11) is 0. The highest BCUT2D eigenvalue weighted by Crippen LogP contribution is 2.27. The van der Waals surface area contributed by atoms with E-state index >= 15 is 0 Å². The number of aromatic nitrogens is 2. The quantitative estimate of drug-likeness (QED) is 0.930. The second kappa shape index (κ2) is 6.52. The van der Waals surface area contributed by atoms with Gasteiger partial charge in [0.1, 0.15) is 0 Å². The number of nitrogens with one attached hydrogen (secondary N) is 1. The maximum Gasteiger partial charge on any atom is 0.0951 e. The van der Waals surface area contributed by atoms with Gasteiger partial charge in [-0.05, 0) is 6.07 Å². The number of nitrogens with zero attached hydrogens (tertiary/aromatic N) is 3. The standard InChI is InChI=1S/C15H19BrN4/c16-14-4-2-1-3-13(14)15-11-18-12-20(15)10-9-19-7-5-17-6-8-19/h1-4,11-12,17H,5-10H2. The zero-order valence-electron chi connectivity index (χ0n) is 11.4. The molecule has 5 heteroatoms. The van der Waals surface area contributed by atoms with Crippen molar-refractivity contribution in [1.82, 2.24) is 19.8 Å². The van der Waals surface area contributed by atoms with Crippen LogP contribution < -0.4 is 5.32 Å². The minimum absolute atomic E-state index is 0.983. The molecule has 1 fully saturated rings. The fourth-order valence-electron chi connectivity index (χ4n) is 2.58. The summed E-state index contributed by atoms with van der Waals surface area (Å²) >= 11 is 3.62. The second-order valence-electron chi connectivity index (χ2n) is 5.04. The van der Waals surface area contributed by atoms with Gasteiger partial charge in [-0.15, -0.1) is 0 Å². The van der Waals surface area contributed by atoms with Crippen molar-refractivity contribution in [3.05, 3.63) is 41.3 Å². The Hall–Kier alpha value is -1.17. The van der Waals surface area contributed by atoms with Crippen molar-refractivity contribution < 1.29 is 0 Å². The molecule has 1 aliphatic heterocycles. The summed E-state index contributed by atoms with van der Waals surface area (Å²) < 4.78 is 3.35. The molecule has 0 amide bonds. The lowest BCUT2D eigenvalue weighted by molar-refractivity contribution is 0.233. The summed E-state index contributed by atoms with van der Waals surface area (Å²) in [6.07, 6.45) is 3.87. The zero-order chi connectivity index (χ0) is 13.8. The Morgan fingerprint density at radius 2 is 1.95 bits per heavy atom. The van der Waals surface area contributed by atoms with Crippen molar-refractivity contribution >= 4 is 15.9 Å². The van der Waals surface area contributed by atoms with Gasteiger partial charge in [0.05, 0.1) is 18.2 Å². The number of piperazine rings is 1. The van der Waals surface area contributed by atoms with E-state index in [1.165, 1.54) is 11.3 Å². The van der Waals surface area contributed by atoms with E-state index < -0.39 is 0 Å². The van der Waals surface area contributed by atoms with Crippen LogP contribution in [0.15, 0.2) is 41.3 Å². The summed E-state index contributed by atoms with van der Waals surface area (Å²) in [5.74, 6) is 0. The Balaban J connectivity index is 1.72. The molecule has 1 aliphatic rings. The molecule has 4 nitrogen and oxygen atoms in total. The summed E-state index contributed by atoms with van der Waals surface area (Å²) in [6.45, 7) is 6.53. The lowest BCUT2D eigenvalue weighted by Gasteiger charge is -2.27. The van der Waals surface area contributed by atoms with Crippen LogP contribution in [-0.2, 0) is 6.54 Å². The molecule has 0 unspecified atom stereocenters. The van der Waals surface area contributed by atoms with Crippen LogP contribution in [0.25, 0.3) is 11.3 Å². The molecule has 0 atom stereocenters. The largest absolute Gasteiger partial charge is 0.329 e. The van der Waals surface area contributed by atoms with Crippen molar-refractivity contribution in [2.24, 2.45) is 0 Å². The second-order valence-corrected chi connectivity index (χ2v) is 5.90. The van der Waals surface area contributed by atoms with Crippen molar-refractivity contribution in [2.45, 2.75) is 6.54 Å². The lowest BCUT2D eigenvalue weighted by Crippen LogP contribution is -2.44. The van der Waals surface area contributed by atoms with Gasteiger partial charge in [0.25, 0.3) is 0 Å². The first kappa shape index (κ1) is 13.8. The average molecular weight is 335 g/mol. The fourth-order valence-corrected chi connectivity index (χ4v) is 3.06. The van der Waals surface area contributed by atoms with Gasteiger partial charge in [0, 0.05) is 49.3 Å². The van der Waals surface area contributed by atoms with E-state index in [4.69, 9.17) is 0 Å². The third-order valence-electron chi connectivity index (χ3n) is 3.73. The first-order chi connectivity index (χ1) is 9.84. The summed E-state index contributed by atoms with van der Waals surface area (Å²) in [5.41, 5.74) is 2.37. The molecule has 0 radical (unpaired) electrons. The number of benzene rings is 1. The van der Waals surface area contributed by atoms with E-state index in [2.05, 4.69) is 53.9 Å². The van der Waals surface area contributed by atoms with Gasteiger partial charge < -0.3 is 9.88 Å². The molecule has 0 saturated carbocycles. The van der Waals surface area contributed by atoms with Crippen LogP contribution in [0.1, 0.15) is 0 Å². The maximum atomic E-state index is 4.31. The molecule has 2 heterocycles. The smallest absolute Gasteiger partial charge is 0.0951 e. The SMILES string of the molecule is Brc1ccccc1-c1cncn1CCN1CCNCC1. The van der Waals surface area contributed by atoms with E-state index in [0.29, 0.717) is 0 Å². The van der Waals surface area contributed by atoms with Gasteiger partial charge in [-0.25, -0.2) is 4.98 Å². The van der Waals surface area contributed by atoms with Crippen molar-refractivity contribution in [3.63, 3.8) is 0 Å². The number of imidazole rings is 1. The van der Waals surface area contributed by atoms with Gasteiger partial charge in [-0.1, -0.05) is 34.1 Å². The highest BCUT2D eigenvalue weighted by atomic mass is 79.9. The summed E-state index contributed by atoms with van der Waals surface area (Å²) in [6, 6.07) is 8.30. The molecular weight excluding hydrogens is 316 g/mol. The maximum absolute atomic E-state index is 4.31. The monoisotopic (exact) mass is 334 g/mol. The van der Waals surface area contributed by atoms with Gasteiger partial charge in [-0.2, -0.15) is 0 Å².